The molecule has 6 nitrogen and oxygen atoms in total. The molecule has 1 saturated heterocycles. The summed E-state index contributed by atoms with van der Waals surface area (Å²) >= 11 is 5.29. The highest BCUT2D eigenvalue weighted by Crippen LogP contribution is 2.34. The zero-order valence-electron chi connectivity index (χ0n) is 14.3. The predicted octanol–water partition coefficient (Wildman–Crippen LogP) is 0.923. The molecule has 1 aromatic heterocycles. The first-order chi connectivity index (χ1) is 11.6. The van der Waals surface area contributed by atoms with E-state index in [0.29, 0.717) is 29.2 Å². The van der Waals surface area contributed by atoms with Gasteiger partial charge in [0.1, 0.15) is 5.69 Å². The van der Waals surface area contributed by atoms with Crippen LogP contribution in [-0.4, -0.2) is 47.8 Å². The van der Waals surface area contributed by atoms with Crippen LogP contribution < -0.4 is 21.9 Å². The number of fused-ring (bicyclic) bond motifs is 4. The molecule has 2 aliphatic rings. The van der Waals surface area contributed by atoms with E-state index in [2.05, 4.69) is 28.6 Å². The summed E-state index contributed by atoms with van der Waals surface area (Å²) in [6.45, 7) is 4.36. The highest BCUT2D eigenvalue weighted by molar-refractivity contribution is 7.80. The van der Waals surface area contributed by atoms with E-state index in [4.69, 9.17) is 18.0 Å². The van der Waals surface area contributed by atoms with E-state index in [-0.39, 0.29) is 5.56 Å². The lowest BCUT2D eigenvalue weighted by atomic mass is 9.83. The summed E-state index contributed by atoms with van der Waals surface area (Å²) in [5.74, 6) is 1.03. The number of piperidine rings is 1. The number of pyridine rings is 1. The van der Waals surface area contributed by atoms with Crippen LogP contribution in [0, 0.1) is 5.92 Å². The molecule has 2 atom stereocenters. The Morgan fingerprint density at radius 1 is 1.33 bits per heavy atom. The van der Waals surface area contributed by atoms with Gasteiger partial charge in [-0.1, -0.05) is 0 Å². The Bertz CT molecular complexity index is 659. The number of hydrogen-bond donors (Lipinski definition) is 3. The summed E-state index contributed by atoms with van der Waals surface area (Å²) in [6, 6.07) is 3.96. The van der Waals surface area contributed by atoms with Crippen molar-refractivity contribution in [1.82, 2.24) is 14.8 Å². The van der Waals surface area contributed by atoms with Gasteiger partial charge in [0.05, 0.1) is 0 Å². The van der Waals surface area contributed by atoms with Crippen molar-refractivity contribution >= 4 is 23.0 Å². The van der Waals surface area contributed by atoms with Crippen molar-refractivity contribution in [2.24, 2.45) is 11.7 Å². The maximum atomic E-state index is 12.8. The zero-order chi connectivity index (χ0) is 17.1. The van der Waals surface area contributed by atoms with Crippen molar-refractivity contribution in [2.45, 2.75) is 31.7 Å². The molecule has 0 radical (unpaired) electrons. The van der Waals surface area contributed by atoms with E-state index < -0.39 is 0 Å². The van der Waals surface area contributed by atoms with Crippen LogP contribution in [0.1, 0.15) is 30.9 Å². The van der Waals surface area contributed by atoms with Crippen molar-refractivity contribution in [3.8, 4) is 0 Å². The zero-order valence-corrected chi connectivity index (χ0v) is 15.1. The van der Waals surface area contributed by atoms with Crippen LogP contribution in [0.25, 0.3) is 0 Å². The first-order valence-corrected chi connectivity index (χ1v) is 9.16. The smallest absolute Gasteiger partial charge is 0.274 e. The summed E-state index contributed by atoms with van der Waals surface area (Å²) in [5.41, 5.74) is 7.24. The van der Waals surface area contributed by atoms with Gasteiger partial charge in [-0.15, -0.1) is 0 Å². The van der Waals surface area contributed by atoms with Crippen LogP contribution in [0.15, 0.2) is 16.9 Å². The Balaban J connectivity index is 1.70. The van der Waals surface area contributed by atoms with Gasteiger partial charge in [-0.25, -0.2) is 0 Å². The number of likely N-dealkylation sites (tertiary alicyclic amines) is 1. The molecule has 24 heavy (non-hydrogen) atoms. The third-order valence-electron chi connectivity index (χ3n) is 4.95. The summed E-state index contributed by atoms with van der Waals surface area (Å²) in [5, 5.41) is 6.69. The van der Waals surface area contributed by atoms with Gasteiger partial charge >= 0.3 is 0 Å². The molecule has 1 aromatic rings. The maximum absolute atomic E-state index is 12.8. The highest BCUT2D eigenvalue weighted by Gasteiger charge is 2.33. The number of nitrogens with one attached hydrogen (secondary N) is 2. The average Bonchev–Trinajstić information content (AvgIpc) is 2.54. The monoisotopic (exact) mass is 349 g/mol. The highest BCUT2D eigenvalue weighted by atomic mass is 32.1. The van der Waals surface area contributed by atoms with Crippen LogP contribution >= 0.6 is 12.2 Å². The lowest BCUT2D eigenvalue weighted by Gasteiger charge is -2.41. The normalized spacial score (nSPS) is 22.8. The summed E-state index contributed by atoms with van der Waals surface area (Å²) in [7, 11) is 2.16. The maximum Gasteiger partial charge on any atom is 0.274 e. The van der Waals surface area contributed by atoms with Gasteiger partial charge in [-0.3, -0.25) is 4.79 Å². The van der Waals surface area contributed by atoms with E-state index in [1.807, 2.05) is 10.6 Å². The Labute approximate surface area is 148 Å². The lowest BCUT2D eigenvalue weighted by molar-refractivity contribution is 0.145. The predicted molar refractivity (Wildman–Crippen MR) is 102 cm³/mol. The number of rotatable bonds is 5. The molecule has 3 rings (SSSR count). The van der Waals surface area contributed by atoms with Crippen LogP contribution in [0.5, 0.6) is 0 Å². The molecule has 2 bridgehead atoms. The van der Waals surface area contributed by atoms with Crippen LogP contribution in [0.4, 0.5) is 5.69 Å². The summed E-state index contributed by atoms with van der Waals surface area (Å²) in [4.78, 5) is 15.2. The number of hydrogen-bond acceptors (Lipinski definition) is 4. The fourth-order valence-corrected chi connectivity index (χ4v) is 4.13. The Morgan fingerprint density at radius 3 is 2.96 bits per heavy atom. The van der Waals surface area contributed by atoms with Gasteiger partial charge in [-0.05, 0) is 63.1 Å². The fraction of sp³-hybridized carbons (Fsp3) is 0.647. The molecule has 3 heterocycles. The van der Waals surface area contributed by atoms with E-state index in [0.717, 1.165) is 44.7 Å². The minimum absolute atomic E-state index is 0.0397. The fourth-order valence-electron chi connectivity index (χ4n) is 3.92. The van der Waals surface area contributed by atoms with Gasteiger partial charge in [0.2, 0.25) is 0 Å². The molecular formula is C17H27N5OS. The third-order valence-corrected chi connectivity index (χ3v) is 5.20. The molecule has 0 amide bonds. The van der Waals surface area contributed by atoms with Gasteiger partial charge in [0, 0.05) is 37.8 Å². The van der Waals surface area contributed by atoms with Crippen LogP contribution in [0.3, 0.4) is 0 Å². The second-order valence-electron chi connectivity index (χ2n) is 6.98. The van der Waals surface area contributed by atoms with Gasteiger partial charge in [0.25, 0.3) is 5.56 Å². The molecule has 0 saturated carbocycles. The topological polar surface area (TPSA) is 75.3 Å². The minimum atomic E-state index is 0.0397. The van der Waals surface area contributed by atoms with Crippen molar-refractivity contribution in [3.05, 3.63) is 28.2 Å². The largest absolute Gasteiger partial charge is 0.362 e. The SMILES string of the molecule is CN1C[C@@H]2C[C@H](C1)c1ccc(NC(=S)NCCCCN)c(=O)n1C2. The second kappa shape index (κ2) is 7.63. The number of nitrogens with two attached hydrogens (primary N) is 1. The Hall–Kier alpha value is -1.44. The number of nitrogens with zero attached hydrogens (tertiary/aromatic N) is 2. The van der Waals surface area contributed by atoms with E-state index >= 15 is 0 Å². The molecule has 2 aliphatic heterocycles. The molecule has 4 N–H and O–H groups in total. The van der Waals surface area contributed by atoms with E-state index in [1.54, 1.807) is 0 Å². The molecule has 7 heteroatoms. The van der Waals surface area contributed by atoms with E-state index in [1.165, 1.54) is 6.42 Å². The number of thiocarbonyl (C=S) groups is 1. The molecule has 1 fully saturated rings. The molecule has 0 unspecified atom stereocenters. The molecule has 0 aliphatic carbocycles. The summed E-state index contributed by atoms with van der Waals surface area (Å²) < 4.78 is 1.95. The van der Waals surface area contributed by atoms with Crippen molar-refractivity contribution in [1.29, 1.82) is 0 Å². The third kappa shape index (κ3) is 3.79. The molecule has 0 spiro atoms. The number of anilines is 1. The van der Waals surface area contributed by atoms with Crippen LogP contribution in [0.2, 0.25) is 0 Å². The first kappa shape index (κ1) is 17.4. The Kier molecular flexibility index (Phi) is 5.53. The van der Waals surface area contributed by atoms with Crippen molar-refractivity contribution in [3.63, 3.8) is 0 Å². The first-order valence-electron chi connectivity index (χ1n) is 8.75. The van der Waals surface area contributed by atoms with E-state index in [9.17, 15) is 4.79 Å². The average molecular weight is 350 g/mol. The standard InChI is InChI=1S/C17H27N5OS/c1-21-9-12-8-13(11-21)15-5-4-14(16(23)22(15)10-12)20-17(24)19-7-3-2-6-18/h4-5,12-13H,2-3,6-11,18H2,1H3,(H2,19,20,24)/t12-,13+/m0/s1. The second-order valence-corrected chi connectivity index (χ2v) is 7.39. The summed E-state index contributed by atoms with van der Waals surface area (Å²) in [6.07, 6.45) is 3.13. The number of likely N-dealkylation sites (N-methyl/N-ethyl adjacent to an activating group) is 1. The molecular weight excluding hydrogens is 322 g/mol. The van der Waals surface area contributed by atoms with Crippen molar-refractivity contribution in [2.75, 3.05) is 38.5 Å². The lowest BCUT2D eigenvalue weighted by Crippen LogP contribution is -2.46. The molecule has 0 aromatic carbocycles. The van der Waals surface area contributed by atoms with Gasteiger partial charge in [-0.2, -0.15) is 0 Å². The van der Waals surface area contributed by atoms with Crippen LogP contribution in [-0.2, 0) is 6.54 Å². The molecule has 132 valence electrons. The number of unbranched alkanes of at least 4 members (excludes halogenated alkanes) is 1. The van der Waals surface area contributed by atoms with Crippen molar-refractivity contribution < 1.29 is 0 Å². The Morgan fingerprint density at radius 2 is 2.17 bits per heavy atom. The quantitative estimate of drug-likeness (QED) is 0.542. The van der Waals surface area contributed by atoms with Gasteiger partial charge < -0.3 is 25.8 Å². The number of aromatic nitrogens is 1. The minimum Gasteiger partial charge on any atom is -0.362 e. The van der Waals surface area contributed by atoms with Gasteiger partial charge in [0.15, 0.2) is 5.11 Å².